The fourth-order valence-electron chi connectivity index (χ4n) is 1.74. The van der Waals surface area contributed by atoms with Crippen LogP contribution in [-0.4, -0.2) is 12.7 Å². The minimum absolute atomic E-state index is 0.112. The van der Waals surface area contributed by atoms with E-state index in [0.717, 1.165) is 5.76 Å². The van der Waals surface area contributed by atoms with Crippen LogP contribution in [0.4, 0.5) is 13.2 Å². The van der Waals surface area contributed by atoms with E-state index in [-0.39, 0.29) is 12.5 Å². The van der Waals surface area contributed by atoms with Crippen molar-refractivity contribution in [3.05, 3.63) is 23.7 Å². The summed E-state index contributed by atoms with van der Waals surface area (Å²) < 4.78 is 41.6. The van der Waals surface area contributed by atoms with Crippen LogP contribution in [0.2, 0.25) is 0 Å². The summed E-state index contributed by atoms with van der Waals surface area (Å²) in [6.07, 6.45) is -4.27. The van der Waals surface area contributed by atoms with Crippen molar-refractivity contribution in [3.63, 3.8) is 0 Å². The molecule has 1 N–H and O–H groups in total. The highest BCUT2D eigenvalue weighted by Gasteiger charge is 2.27. The Kier molecular flexibility index (Phi) is 5.05. The highest BCUT2D eigenvalue weighted by atomic mass is 19.4. The van der Waals surface area contributed by atoms with Crippen LogP contribution in [-0.2, 0) is 0 Å². The number of rotatable bonds is 6. The fraction of sp³-hybridized carbons (Fsp3) is 0.667. The molecule has 0 radical (unpaired) electrons. The monoisotopic (exact) mass is 249 g/mol. The average molecular weight is 249 g/mol. The molecule has 0 aromatic carbocycles. The lowest BCUT2D eigenvalue weighted by Gasteiger charge is -2.16. The first-order valence-electron chi connectivity index (χ1n) is 5.79. The number of aryl methyl sites for hydroxylation is 1. The average Bonchev–Trinajstić information content (AvgIpc) is 2.62. The molecule has 0 aliphatic heterocycles. The third-order valence-electron chi connectivity index (χ3n) is 2.51. The normalized spacial score (nSPS) is 13.9. The zero-order chi connectivity index (χ0) is 12.9. The van der Waals surface area contributed by atoms with Crippen molar-refractivity contribution >= 4 is 0 Å². The van der Waals surface area contributed by atoms with Crippen molar-refractivity contribution in [1.82, 2.24) is 5.32 Å². The molecule has 0 aliphatic carbocycles. The van der Waals surface area contributed by atoms with Gasteiger partial charge < -0.3 is 9.73 Å². The number of furan rings is 1. The van der Waals surface area contributed by atoms with Gasteiger partial charge in [0.1, 0.15) is 11.5 Å². The van der Waals surface area contributed by atoms with E-state index in [9.17, 15) is 13.2 Å². The Bertz CT molecular complexity index is 333. The van der Waals surface area contributed by atoms with Crippen LogP contribution in [0, 0.1) is 6.92 Å². The highest BCUT2D eigenvalue weighted by molar-refractivity contribution is 5.09. The number of hydrogen-bond donors (Lipinski definition) is 1. The lowest BCUT2D eigenvalue weighted by Crippen LogP contribution is -2.21. The molecule has 0 saturated heterocycles. The first-order valence-corrected chi connectivity index (χ1v) is 5.79. The fourth-order valence-corrected chi connectivity index (χ4v) is 1.74. The van der Waals surface area contributed by atoms with E-state index in [2.05, 4.69) is 5.32 Å². The van der Waals surface area contributed by atoms with Gasteiger partial charge in [-0.05, 0) is 38.4 Å². The molecule has 0 bridgehead atoms. The summed E-state index contributed by atoms with van der Waals surface area (Å²) in [6.45, 7) is 4.45. The largest absolute Gasteiger partial charge is 0.465 e. The van der Waals surface area contributed by atoms with E-state index < -0.39 is 12.6 Å². The van der Waals surface area contributed by atoms with Crippen molar-refractivity contribution in [2.24, 2.45) is 0 Å². The quantitative estimate of drug-likeness (QED) is 0.825. The van der Waals surface area contributed by atoms with Gasteiger partial charge in [0.15, 0.2) is 0 Å². The van der Waals surface area contributed by atoms with Crippen LogP contribution in [0.5, 0.6) is 0 Å². The summed E-state index contributed by atoms with van der Waals surface area (Å²) >= 11 is 0. The molecule has 1 aromatic rings. The summed E-state index contributed by atoms with van der Waals surface area (Å²) in [5.74, 6) is 1.49. The second kappa shape index (κ2) is 6.10. The Morgan fingerprint density at radius 1 is 1.35 bits per heavy atom. The van der Waals surface area contributed by atoms with Gasteiger partial charge in [0.2, 0.25) is 0 Å². The molecule has 5 heteroatoms. The predicted octanol–water partition coefficient (Wildman–Crippen LogP) is 3.97. The lowest BCUT2D eigenvalue weighted by molar-refractivity contribution is -0.135. The topological polar surface area (TPSA) is 25.2 Å². The van der Waals surface area contributed by atoms with Crippen LogP contribution in [0.15, 0.2) is 16.5 Å². The van der Waals surface area contributed by atoms with Crippen LogP contribution in [0.1, 0.15) is 43.7 Å². The third-order valence-corrected chi connectivity index (χ3v) is 2.51. The van der Waals surface area contributed by atoms with Crippen molar-refractivity contribution in [3.8, 4) is 0 Å². The van der Waals surface area contributed by atoms with Gasteiger partial charge in [0.05, 0.1) is 6.04 Å². The maximum absolute atomic E-state index is 12.1. The molecule has 0 aliphatic rings. The molecule has 0 saturated carbocycles. The molecule has 0 amide bonds. The molecule has 1 rings (SSSR count). The summed E-state index contributed by atoms with van der Waals surface area (Å²) in [6, 6.07) is 3.51. The maximum atomic E-state index is 12.1. The van der Waals surface area contributed by atoms with Gasteiger partial charge in [-0.3, -0.25) is 0 Å². The van der Waals surface area contributed by atoms with Gasteiger partial charge in [0, 0.05) is 6.42 Å². The number of halogens is 3. The Labute approximate surface area is 99.2 Å². The molecular formula is C12H18F3NO. The van der Waals surface area contributed by atoms with Crippen LogP contribution >= 0.6 is 0 Å². The van der Waals surface area contributed by atoms with Gasteiger partial charge in [-0.25, -0.2) is 0 Å². The minimum atomic E-state index is -4.07. The van der Waals surface area contributed by atoms with Gasteiger partial charge in [0.25, 0.3) is 0 Å². The van der Waals surface area contributed by atoms with E-state index in [1.807, 2.05) is 26.0 Å². The highest BCUT2D eigenvalue weighted by Crippen LogP contribution is 2.27. The minimum Gasteiger partial charge on any atom is -0.465 e. The second-order valence-corrected chi connectivity index (χ2v) is 4.07. The van der Waals surface area contributed by atoms with Crippen LogP contribution in [0.25, 0.3) is 0 Å². The van der Waals surface area contributed by atoms with Gasteiger partial charge >= 0.3 is 6.18 Å². The van der Waals surface area contributed by atoms with E-state index in [1.54, 1.807) is 0 Å². The molecule has 0 spiro atoms. The molecule has 1 unspecified atom stereocenters. The van der Waals surface area contributed by atoms with Gasteiger partial charge in [-0.2, -0.15) is 13.2 Å². The van der Waals surface area contributed by atoms with E-state index in [0.29, 0.717) is 18.7 Å². The van der Waals surface area contributed by atoms with Crippen molar-refractivity contribution in [1.29, 1.82) is 0 Å². The molecule has 1 aromatic heterocycles. The first kappa shape index (κ1) is 14.1. The zero-order valence-corrected chi connectivity index (χ0v) is 10.1. The Morgan fingerprint density at radius 3 is 2.53 bits per heavy atom. The molecule has 17 heavy (non-hydrogen) atoms. The summed E-state index contributed by atoms with van der Waals surface area (Å²) in [7, 11) is 0. The standard InChI is InChI=1S/C12H18F3NO/c1-3-16-10(5-4-8-12(13,14)15)11-7-6-9(2)17-11/h6-7,10,16H,3-5,8H2,1-2H3. The van der Waals surface area contributed by atoms with E-state index in [4.69, 9.17) is 4.42 Å². The summed E-state index contributed by atoms with van der Waals surface area (Å²) in [4.78, 5) is 0. The second-order valence-electron chi connectivity index (χ2n) is 4.07. The first-order chi connectivity index (χ1) is 7.92. The van der Waals surface area contributed by atoms with Crippen molar-refractivity contribution < 1.29 is 17.6 Å². The zero-order valence-electron chi connectivity index (χ0n) is 10.1. The van der Waals surface area contributed by atoms with Crippen molar-refractivity contribution in [2.75, 3.05) is 6.54 Å². The molecule has 1 atom stereocenters. The lowest BCUT2D eigenvalue weighted by atomic mass is 10.1. The van der Waals surface area contributed by atoms with Crippen LogP contribution < -0.4 is 5.32 Å². The Balaban J connectivity index is 2.49. The third kappa shape index (κ3) is 5.26. The maximum Gasteiger partial charge on any atom is 0.389 e. The molecule has 1 heterocycles. The van der Waals surface area contributed by atoms with Crippen molar-refractivity contribution in [2.45, 2.75) is 45.3 Å². The van der Waals surface area contributed by atoms with Gasteiger partial charge in [-0.1, -0.05) is 6.92 Å². The molecule has 98 valence electrons. The molecule has 2 nitrogen and oxygen atoms in total. The number of hydrogen-bond acceptors (Lipinski definition) is 2. The predicted molar refractivity (Wildman–Crippen MR) is 59.8 cm³/mol. The van der Waals surface area contributed by atoms with E-state index in [1.165, 1.54) is 0 Å². The van der Waals surface area contributed by atoms with E-state index >= 15 is 0 Å². The SMILES string of the molecule is CCNC(CCCC(F)(F)F)c1ccc(C)o1. The number of alkyl halides is 3. The Hall–Kier alpha value is -0.970. The molecule has 0 fully saturated rings. The summed E-state index contributed by atoms with van der Waals surface area (Å²) in [5.41, 5.74) is 0. The Morgan fingerprint density at radius 2 is 2.06 bits per heavy atom. The number of nitrogens with one attached hydrogen (secondary N) is 1. The van der Waals surface area contributed by atoms with Gasteiger partial charge in [-0.15, -0.1) is 0 Å². The smallest absolute Gasteiger partial charge is 0.389 e. The molecular weight excluding hydrogens is 231 g/mol. The van der Waals surface area contributed by atoms with Crippen LogP contribution in [0.3, 0.4) is 0 Å². The summed E-state index contributed by atoms with van der Waals surface area (Å²) in [5, 5.41) is 3.14.